The number of benzene rings is 1. The molecular weight excluding hydrogens is 336 g/mol. The summed E-state index contributed by atoms with van der Waals surface area (Å²) in [6.45, 7) is 1.20. The molecule has 0 unspecified atom stereocenters. The summed E-state index contributed by atoms with van der Waals surface area (Å²) in [4.78, 5) is 26.2. The van der Waals surface area contributed by atoms with Crippen LogP contribution >= 0.6 is 22.9 Å². The van der Waals surface area contributed by atoms with E-state index in [2.05, 4.69) is 11.4 Å². The first-order valence-corrected chi connectivity index (χ1v) is 8.58. The summed E-state index contributed by atoms with van der Waals surface area (Å²) in [5.41, 5.74) is -0.128. The second-order valence-corrected chi connectivity index (χ2v) is 6.92. The Bertz CT molecular complexity index is 725. The second kappa shape index (κ2) is 6.68. The zero-order chi connectivity index (χ0) is 16.4. The van der Waals surface area contributed by atoms with Gasteiger partial charge < -0.3 is 4.90 Å². The van der Waals surface area contributed by atoms with Crippen molar-refractivity contribution in [3.63, 3.8) is 0 Å². The van der Waals surface area contributed by atoms with Crippen molar-refractivity contribution in [3.05, 3.63) is 61.3 Å². The fourth-order valence-electron chi connectivity index (χ4n) is 2.90. The van der Waals surface area contributed by atoms with Gasteiger partial charge in [-0.25, -0.2) is 0 Å². The average Bonchev–Trinajstić information content (AvgIpc) is 3.08. The topological polar surface area (TPSA) is 63.4 Å². The molecule has 1 aliphatic rings. The van der Waals surface area contributed by atoms with Gasteiger partial charge in [0, 0.05) is 29.1 Å². The van der Waals surface area contributed by atoms with Gasteiger partial charge in [0.2, 0.25) is 0 Å². The van der Waals surface area contributed by atoms with Crippen molar-refractivity contribution in [1.29, 1.82) is 0 Å². The van der Waals surface area contributed by atoms with Gasteiger partial charge in [-0.15, -0.1) is 11.3 Å². The standard InChI is InChI=1S/C16H15ClN2O3S/c17-12-3-4-14(19(21)22)13(10-12)16(20)18-7-5-11(6-8-18)15-2-1-9-23-15/h1-4,9-11H,5-8H2. The van der Waals surface area contributed by atoms with Crippen molar-refractivity contribution in [2.75, 3.05) is 13.1 Å². The van der Waals surface area contributed by atoms with Crippen LogP contribution in [0.1, 0.15) is 34.0 Å². The highest BCUT2D eigenvalue weighted by Gasteiger charge is 2.29. The molecule has 3 rings (SSSR count). The minimum atomic E-state index is -0.540. The first-order valence-electron chi connectivity index (χ1n) is 7.33. The smallest absolute Gasteiger partial charge is 0.282 e. The molecule has 1 aliphatic heterocycles. The van der Waals surface area contributed by atoms with Crippen LogP contribution in [0.4, 0.5) is 5.69 Å². The maximum absolute atomic E-state index is 12.6. The lowest BCUT2D eigenvalue weighted by molar-refractivity contribution is -0.385. The van der Waals surface area contributed by atoms with E-state index < -0.39 is 4.92 Å². The van der Waals surface area contributed by atoms with Crippen LogP contribution in [0.5, 0.6) is 0 Å². The van der Waals surface area contributed by atoms with E-state index in [0.717, 1.165) is 12.8 Å². The second-order valence-electron chi connectivity index (χ2n) is 5.50. The number of nitrogens with zero attached hydrogens (tertiary/aromatic N) is 2. The average molecular weight is 351 g/mol. The van der Waals surface area contributed by atoms with E-state index in [1.165, 1.54) is 23.1 Å². The van der Waals surface area contributed by atoms with Crippen LogP contribution in [0.2, 0.25) is 5.02 Å². The lowest BCUT2D eigenvalue weighted by Crippen LogP contribution is -2.38. The minimum absolute atomic E-state index is 0.0667. The number of nitro groups is 1. The lowest BCUT2D eigenvalue weighted by atomic mass is 9.95. The molecule has 1 fully saturated rings. The lowest BCUT2D eigenvalue weighted by Gasteiger charge is -2.31. The molecule has 1 aromatic carbocycles. The van der Waals surface area contributed by atoms with Gasteiger partial charge in [0.15, 0.2) is 0 Å². The summed E-state index contributed by atoms with van der Waals surface area (Å²) in [6, 6.07) is 8.25. The number of thiophene rings is 1. The quantitative estimate of drug-likeness (QED) is 0.611. The van der Waals surface area contributed by atoms with Gasteiger partial charge in [-0.3, -0.25) is 14.9 Å². The van der Waals surface area contributed by atoms with Gasteiger partial charge in [-0.2, -0.15) is 0 Å². The summed E-state index contributed by atoms with van der Waals surface area (Å²) < 4.78 is 0. The van der Waals surface area contributed by atoms with Crippen molar-refractivity contribution in [3.8, 4) is 0 Å². The Labute approximate surface area is 142 Å². The van der Waals surface area contributed by atoms with E-state index in [9.17, 15) is 14.9 Å². The minimum Gasteiger partial charge on any atom is -0.338 e. The Morgan fingerprint density at radius 1 is 1.30 bits per heavy atom. The van der Waals surface area contributed by atoms with Crippen LogP contribution in [0, 0.1) is 10.1 Å². The third kappa shape index (κ3) is 3.38. The Balaban J connectivity index is 1.75. The predicted octanol–water partition coefficient (Wildman–Crippen LogP) is 4.33. The largest absolute Gasteiger partial charge is 0.338 e. The van der Waals surface area contributed by atoms with Crippen molar-refractivity contribution in [2.24, 2.45) is 0 Å². The summed E-state index contributed by atoms with van der Waals surface area (Å²) in [6.07, 6.45) is 1.75. The summed E-state index contributed by atoms with van der Waals surface area (Å²) >= 11 is 7.64. The molecule has 0 atom stereocenters. The number of nitro benzene ring substituents is 1. The van der Waals surface area contributed by atoms with E-state index >= 15 is 0 Å². The number of amides is 1. The number of carbonyl (C=O) groups excluding carboxylic acids is 1. The molecule has 120 valence electrons. The van der Waals surface area contributed by atoms with Gasteiger partial charge >= 0.3 is 0 Å². The molecule has 1 amide bonds. The fraction of sp³-hybridized carbons (Fsp3) is 0.312. The van der Waals surface area contributed by atoms with Crippen LogP contribution in [-0.2, 0) is 0 Å². The molecule has 0 radical (unpaired) electrons. The number of hydrogen-bond donors (Lipinski definition) is 0. The number of likely N-dealkylation sites (tertiary alicyclic amines) is 1. The predicted molar refractivity (Wildman–Crippen MR) is 90.3 cm³/mol. The molecule has 2 aromatic rings. The maximum Gasteiger partial charge on any atom is 0.282 e. The molecule has 0 saturated carbocycles. The van der Waals surface area contributed by atoms with Gasteiger partial charge in [-0.05, 0) is 42.3 Å². The zero-order valence-corrected chi connectivity index (χ0v) is 13.8. The van der Waals surface area contributed by atoms with Crippen molar-refractivity contribution < 1.29 is 9.72 Å². The molecule has 1 aromatic heterocycles. The Hall–Kier alpha value is -1.92. The van der Waals surface area contributed by atoms with Crippen molar-refractivity contribution in [2.45, 2.75) is 18.8 Å². The molecule has 0 bridgehead atoms. The molecule has 7 heteroatoms. The first-order chi connectivity index (χ1) is 11.1. The first kappa shape index (κ1) is 16.0. The number of hydrogen-bond acceptors (Lipinski definition) is 4. The molecule has 0 spiro atoms. The zero-order valence-electron chi connectivity index (χ0n) is 12.3. The third-order valence-electron chi connectivity index (χ3n) is 4.11. The molecule has 0 aliphatic carbocycles. The Morgan fingerprint density at radius 3 is 2.65 bits per heavy atom. The summed E-state index contributed by atoms with van der Waals surface area (Å²) in [5, 5.41) is 13.5. The molecule has 23 heavy (non-hydrogen) atoms. The van der Waals surface area contributed by atoms with Gasteiger partial charge in [-0.1, -0.05) is 17.7 Å². The Morgan fingerprint density at radius 2 is 2.04 bits per heavy atom. The van der Waals surface area contributed by atoms with E-state index in [4.69, 9.17) is 11.6 Å². The number of carbonyl (C=O) groups is 1. The van der Waals surface area contributed by atoms with Crippen LogP contribution in [-0.4, -0.2) is 28.8 Å². The monoisotopic (exact) mass is 350 g/mol. The molecule has 5 nitrogen and oxygen atoms in total. The molecule has 1 saturated heterocycles. The van der Waals surface area contributed by atoms with Gasteiger partial charge in [0.05, 0.1) is 4.92 Å². The highest BCUT2D eigenvalue weighted by molar-refractivity contribution is 7.10. The number of rotatable bonds is 3. The number of piperidine rings is 1. The molecular formula is C16H15ClN2O3S. The van der Waals surface area contributed by atoms with Crippen LogP contribution in [0.15, 0.2) is 35.7 Å². The fourth-order valence-corrected chi connectivity index (χ4v) is 3.97. The SMILES string of the molecule is O=C(c1cc(Cl)ccc1[N+](=O)[O-])N1CCC(c2cccs2)CC1. The van der Waals surface area contributed by atoms with Crippen molar-refractivity contribution >= 4 is 34.5 Å². The maximum atomic E-state index is 12.6. The molecule has 0 N–H and O–H groups in total. The Kier molecular flexibility index (Phi) is 4.63. The third-order valence-corrected chi connectivity index (χ3v) is 5.38. The summed E-state index contributed by atoms with van der Waals surface area (Å²) in [7, 11) is 0. The highest BCUT2D eigenvalue weighted by Crippen LogP contribution is 2.32. The highest BCUT2D eigenvalue weighted by atomic mass is 35.5. The van der Waals surface area contributed by atoms with E-state index in [-0.39, 0.29) is 17.2 Å². The van der Waals surface area contributed by atoms with E-state index in [0.29, 0.717) is 24.0 Å². The van der Waals surface area contributed by atoms with Crippen LogP contribution in [0.3, 0.4) is 0 Å². The number of halogens is 1. The van der Waals surface area contributed by atoms with Gasteiger partial charge in [0.1, 0.15) is 5.56 Å². The normalized spacial score (nSPS) is 15.6. The van der Waals surface area contributed by atoms with E-state index in [1.54, 1.807) is 16.2 Å². The van der Waals surface area contributed by atoms with Crippen molar-refractivity contribution in [1.82, 2.24) is 4.90 Å². The molecule has 2 heterocycles. The van der Waals surface area contributed by atoms with E-state index in [1.807, 2.05) is 6.07 Å². The van der Waals surface area contributed by atoms with Gasteiger partial charge in [0.25, 0.3) is 11.6 Å². The van der Waals surface area contributed by atoms with Crippen LogP contribution < -0.4 is 0 Å². The summed E-state index contributed by atoms with van der Waals surface area (Å²) in [5.74, 6) is 0.150. The van der Waals surface area contributed by atoms with Crippen LogP contribution in [0.25, 0.3) is 0 Å².